The van der Waals surface area contributed by atoms with Crippen molar-refractivity contribution in [2.45, 2.75) is 19.8 Å². The third-order valence-electron chi connectivity index (χ3n) is 3.84. The number of aromatic nitrogens is 1. The van der Waals surface area contributed by atoms with Crippen molar-refractivity contribution in [3.05, 3.63) is 76.1 Å². The minimum Gasteiger partial charge on any atom is -0.352 e. The number of hydrogen-bond donors (Lipinski definition) is 1. The lowest BCUT2D eigenvalue weighted by Crippen LogP contribution is -2.25. The first kappa shape index (κ1) is 16.4. The van der Waals surface area contributed by atoms with Gasteiger partial charge < -0.3 is 5.32 Å². The summed E-state index contributed by atoms with van der Waals surface area (Å²) >= 11 is 1.67. The van der Waals surface area contributed by atoms with Gasteiger partial charge in [-0.3, -0.25) is 4.79 Å². The lowest BCUT2D eigenvalue weighted by Gasteiger charge is -2.06. The molecule has 3 aromatic rings. The Morgan fingerprint density at radius 1 is 1.08 bits per heavy atom. The first-order chi connectivity index (χ1) is 11.8. The van der Waals surface area contributed by atoms with Crippen LogP contribution < -0.4 is 5.32 Å². The molecule has 0 saturated carbocycles. The maximum Gasteiger partial charge on any atom is 0.251 e. The second kappa shape index (κ2) is 7.88. The smallest absolute Gasteiger partial charge is 0.251 e. The monoisotopic (exact) mass is 336 g/mol. The second-order valence-electron chi connectivity index (χ2n) is 5.55. The van der Waals surface area contributed by atoms with Crippen LogP contribution in [0.25, 0.3) is 11.3 Å². The van der Waals surface area contributed by atoms with Crippen LogP contribution in [0.4, 0.5) is 0 Å². The number of hydrogen-bond acceptors (Lipinski definition) is 3. The summed E-state index contributed by atoms with van der Waals surface area (Å²) in [5, 5.41) is 6.16. The minimum absolute atomic E-state index is 0.0370. The predicted octanol–water partition coefficient (Wildman–Crippen LogP) is 4.35. The van der Waals surface area contributed by atoms with E-state index in [1.54, 1.807) is 11.3 Å². The summed E-state index contributed by atoms with van der Waals surface area (Å²) in [4.78, 5) is 16.8. The highest BCUT2D eigenvalue weighted by molar-refractivity contribution is 7.09. The zero-order chi connectivity index (χ0) is 16.8. The van der Waals surface area contributed by atoms with Gasteiger partial charge in [0.05, 0.1) is 10.7 Å². The summed E-state index contributed by atoms with van der Waals surface area (Å²) in [6.45, 7) is 2.74. The molecule has 2 aromatic carbocycles. The largest absolute Gasteiger partial charge is 0.352 e. The number of amides is 1. The van der Waals surface area contributed by atoms with Crippen LogP contribution in [-0.4, -0.2) is 17.4 Å². The van der Waals surface area contributed by atoms with Crippen LogP contribution in [0.5, 0.6) is 0 Å². The third-order valence-corrected chi connectivity index (χ3v) is 4.83. The van der Waals surface area contributed by atoms with Crippen molar-refractivity contribution in [2.75, 3.05) is 6.54 Å². The molecule has 0 spiro atoms. The number of benzene rings is 2. The van der Waals surface area contributed by atoms with Crippen molar-refractivity contribution < 1.29 is 4.79 Å². The van der Waals surface area contributed by atoms with E-state index < -0.39 is 0 Å². The Hall–Kier alpha value is -2.46. The van der Waals surface area contributed by atoms with E-state index in [4.69, 9.17) is 0 Å². The van der Waals surface area contributed by atoms with Gasteiger partial charge in [0, 0.05) is 23.1 Å². The van der Waals surface area contributed by atoms with Gasteiger partial charge in [-0.1, -0.05) is 49.4 Å². The van der Waals surface area contributed by atoms with Crippen molar-refractivity contribution in [3.8, 4) is 11.3 Å². The first-order valence-corrected chi connectivity index (χ1v) is 9.01. The van der Waals surface area contributed by atoms with Gasteiger partial charge in [0.1, 0.15) is 0 Å². The minimum atomic E-state index is -0.0370. The molecule has 24 heavy (non-hydrogen) atoms. The predicted molar refractivity (Wildman–Crippen MR) is 99.4 cm³/mol. The molecule has 4 heteroatoms. The Bertz CT molecular complexity index is 794. The molecule has 0 aliphatic heterocycles. The molecule has 0 aliphatic rings. The highest BCUT2D eigenvalue weighted by Gasteiger charge is 2.07. The maximum absolute atomic E-state index is 12.2. The van der Waals surface area contributed by atoms with E-state index in [-0.39, 0.29) is 5.91 Å². The highest BCUT2D eigenvalue weighted by Crippen LogP contribution is 2.22. The van der Waals surface area contributed by atoms with E-state index in [1.165, 1.54) is 5.56 Å². The summed E-state index contributed by atoms with van der Waals surface area (Å²) in [6.07, 6.45) is 1.79. The summed E-state index contributed by atoms with van der Waals surface area (Å²) in [5.74, 6) is -0.0370. The molecule has 0 bridgehead atoms. The summed E-state index contributed by atoms with van der Waals surface area (Å²) in [6, 6.07) is 17.8. The molecule has 0 aliphatic carbocycles. The number of thiazole rings is 1. The van der Waals surface area contributed by atoms with E-state index in [9.17, 15) is 4.79 Å². The van der Waals surface area contributed by atoms with Crippen LogP contribution in [-0.2, 0) is 12.8 Å². The summed E-state index contributed by atoms with van der Waals surface area (Å²) in [7, 11) is 0. The van der Waals surface area contributed by atoms with Crippen molar-refractivity contribution in [1.82, 2.24) is 10.3 Å². The molecule has 0 unspecified atom stereocenters. The molecule has 3 nitrogen and oxygen atoms in total. The molecule has 1 aromatic heterocycles. The van der Waals surface area contributed by atoms with E-state index in [2.05, 4.69) is 34.7 Å². The number of carbonyl (C=O) groups is 1. The molecule has 0 saturated heterocycles. The Morgan fingerprint density at radius 3 is 2.50 bits per heavy atom. The quantitative estimate of drug-likeness (QED) is 0.727. The molecule has 0 radical (unpaired) electrons. The number of rotatable bonds is 6. The topological polar surface area (TPSA) is 42.0 Å². The van der Waals surface area contributed by atoms with E-state index in [0.29, 0.717) is 12.1 Å². The average Bonchev–Trinajstić information content (AvgIpc) is 3.12. The van der Waals surface area contributed by atoms with Gasteiger partial charge in [-0.25, -0.2) is 4.98 Å². The SMILES string of the molecule is CCc1nc(-c2ccc(C(=O)NCCc3ccccc3)cc2)cs1. The Morgan fingerprint density at radius 2 is 1.83 bits per heavy atom. The fourth-order valence-corrected chi connectivity index (χ4v) is 3.22. The van der Waals surface area contributed by atoms with Crippen LogP contribution in [0.2, 0.25) is 0 Å². The van der Waals surface area contributed by atoms with E-state index >= 15 is 0 Å². The highest BCUT2D eigenvalue weighted by atomic mass is 32.1. The van der Waals surface area contributed by atoms with Crippen molar-refractivity contribution in [1.29, 1.82) is 0 Å². The summed E-state index contributed by atoms with van der Waals surface area (Å²) in [5.41, 5.74) is 3.93. The zero-order valence-corrected chi connectivity index (χ0v) is 14.5. The van der Waals surface area contributed by atoms with Gasteiger partial charge in [0.25, 0.3) is 5.91 Å². The standard InChI is InChI=1S/C20H20N2OS/c1-2-19-22-18(14-24-19)16-8-10-17(11-9-16)20(23)21-13-12-15-6-4-3-5-7-15/h3-11,14H,2,12-13H2,1H3,(H,21,23). The van der Waals surface area contributed by atoms with Gasteiger partial charge >= 0.3 is 0 Å². The van der Waals surface area contributed by atoms with Crippen molar-refractivity contribution in [2.24, 2.45) is 0 Å². The van der Waals surface area contributed by atoms with Crippen molar-refractivity contribution >= 4 is 17.2 Å². The maximum atomic E-state index is 12.2. The lowest BCUT2D eigenvalue weighted by atomic mass is 10.1. The third kappa shape index (κ3) is 4.09. The molecule has 3 rings (SSSR count). The van der Waals surface area contributed by atoms with Gasteiger partial charge in [0.2, 0.25) is 0 Å². The molecular weight excluding hydrogens is 316 g/mol. The van der Waals surface area contributed by atoms with Gasteiger partial charge in [0.15, 0.2) is 0 Å². The van der Waals surface area contributed by atoms with Crippen LogP contribution in [0.1, 0.15) is 27.9 Å². The van der Waals surface area contributed by atoms with Crippen molar-refractivity contribution in [3.63, 3.8) is 0 Å². The molecule has 122 valence electrons. The number of nitrogens with zero attached hydrogens (tertiary/aromatic N) is 1. The van der Waals surface area contributed by atoms with E-state index in [0.717, 1.165) is 29.1 Å². The Kier molecular flexibility index (Phi) is 5.39. The van der Waals surface area contributed by atoms with Gasteiger partial charge in [-0.15, -0.1) is 11.3 Å². The second-order valence-corrected chi connectivity index (χ2v) is 6.49. The molecule has 1 amide bonds. The molecule has 1 heterocycles. The number of aryl methyl sites for hydroxylation is 1. The molecular formula is C20H20N2OS. The fourth-order valence-electron chi connectivity index (χ4n) is 2.47. The normalized spacial score (nSPS) is 10.5. The summed E-state index contributed by atoms with van der Waals surface area (Å²) < 4.78 is 0. The lowest BCUT2D eigenvalue weighted by molar-refractivity contribution is 0.0954. The van der Waals surface area contributed by atoms with Crippen LogP contribution in [0.3, 0.4) is 0 Å². The van der Waals surface area contributed by atoms with Gasteiger partial charge in [-0.2, -0.15) is 0 Å². The van der Waals surface area contributed by atoms with E-state index in [1.807, 2.05) is 42.5 Å². The van der Waals surface area contributed by atoms with Crippen LogP contribution >= 0.6 is 11.3 Å². The molecule has 0 atom stereocenters. The average molecular weight is 336 g/mol. The molecule has 0 fully saturated rings. The molecule has 1 N–H and O–H groups in total. The fraction of sp³-hybridized carbons (Fsp3) is 0.200. The Balaban J connectivity index is 1.57. The van der Waals surface area contributed by atoms with Crippen LogP contribution in [0.15, 0.2) is 60.0 Å². The van der Waals surface area contributed by atoms with Gasteiger partial charge in [-0.05, 0) is 30.5 Å². The first-order valence-electron chi connectivity index (χ1n) is 8.13. The Labute approximate surface area is 146 Å². The zero-order valence-electron chi connectivity index (χ0n) is 13.7. The van der Waals surface area contributed by atoms with Crippen LogP contribution in [0, 0.1) is 0 Å². The number of carbonyl (C=O) groups excluding carboxylic acids is 1. The number of nitrogens with one attached hydrogen (secondary N) is 1.